The van der Waals surface area contributed by atoms with Gasteiger partial charge in [0.2, 0.25) is 10.0 Å². The highest BCUT2D eigenvalue weighted by Crippen LogP contribution is 2.46. The number of rotatable bonds is 5. The third kappa shape index (κ3) is 3.18. The van der Waals surface area contributed by atoms with E-state index in [1.54, 1.807) is 0 Å². The fourth-order valence-electron chi connectivity index (χ4n) is 4.41. The molecule has 4 atom stereocenters. The van der Waals surface area contributed by atoms with Gasteiger partial charge in [-0.1, -0.05) is 6.92 Å². The molecule has 0 aromatic rings. The number of fused-ring (bicyclic) bond motifs is 2. The standard InChI is InChI=1S/C16H27NO4S/c1-2-9-22(19,20)17-8-4-3-5-14(17)16(18)21-15-11-12-6-7-13(15)10-12/h12-15H,2-11H2,1H3/t12-,13-,14+,15-/m0/s1. The molecule has 22 heavy (non-hydrogen) atoms. The molecule has 3 fully saturated rings. The molecule has 2 bridgehead atoms. The maximum Gasteiger partial charge on any atom is 0.324 e. The number of nitrogens with zero attached hydrogens (tertiary/aromatic N) is 1. The van der Waals surface area contributed by atoms with Gasteiger partial charge in [0.25, 0.3) is 0 Å². The lowest BCUT2D eigenvalue weighted by molar-refractivity contribution is -0.157. The number of hydrogen-bond acceptors (Lipinski definition) is 4. The lowest BCUT2D eigenvalue weighted by atomic mass is 9.97. The van der Waals surface area contributed by atoms with Crippen LogP contribution in [-0.2, 0) is 19.6 Å². The number of esters is 1. The van der Waals surface area contributed by atoms with E-state index in [0.29, 0.717) is 31.2 Å². The van der Waals surface area contributed by atoms with Gasteiger partial charge in [0.1, 0.15) is 12.1 Å². The van der Waals surface area contributed by atoms with E-state index in [1.165, 1.54) is 17.1 Å². The molecular formula is C16H27NO4S. The Labute approximate surface area is 133 Å². The van der Waals surface area contributed by atoms with Gasteiger partial charge in [0.15, 0.2) is 0 Å². The Kier molecular flexibility index (Phi) is 4.78. The molecule has 2 aliphatic carbocycles. The van der Waals surface area contributed by atoms with Gasteiger partial charge in [-0.05, 0) is 63.2 Å². The molecule has 0 N–H and O–H groups in total. The van der Waals surface area contributed by atoms with E-state index in [4.69, 9.17) is 4.74 Å². The summed E-state index contributed by atoms with van der Waals surface area (Å²) in [6, 6.07) is -0.593. The molecule has 0 spiro atoms. The van der Waals surface area contributed by atoms with Crippen LogP contribution in [0.3, 0.4) is 0 Å². The molecule has 3 rings (SSSR count). The third-order valence-electron chi connectivity index (χ3n) is 5.49. The Bertz CT molecular complexity index is 518. The molecule has 3 aliphatic rings. The van der Waals surface area contributed by atoms with Crippen LogP contribution in [0.1, 0.15) is 58.3 Å². The van der Waals surface area contributed by atoms with E-state index in [9.17, 15) is 13.2 Å². The minimum Gasteiger partial charge on any atom is -0.461 e. The van der Waals surface area contributed by atoms with Crippen molar-refractivity contribution in [1.82, 2.24) is 4.31 Å². The fraction of sp³-hybridized carbons (Fsp3) is 0.938. The average molecular weight is 329 g/mol. The van der Waals surface area contributed by atoms with Crippen molar-refractivity contribution in [3.63, 3.8) is 0 Å². The van der Waals surface area contributed by atoms with Crippen LogP contribution in [0.25, 0.3) is 0 Å². The monoisotopic (exact) mass is 329 g/mol. The predicted molar refractivity (Wildman–Crippen MR) is 83.8 cm³/mol. The molecule has 0 radical (unpaired) electrons. The molecule has 1 aliphatic heterocycles. The Morgan fingerprint density at radius 1 is 1.18 bits per heavy atom. The van der Waals surface area contributed by atoms with Crippen molar-refractivity contribution in [1.29, 1.82) is 0 Å². The summed E-state index contributed by atoms with van der Waals surface area (Å²) < 4.78 is 31.9. The molecule has 1 saturated heterocycles. The Morgan fingerprint density at radius 3 is 2.64 bits per heavy atom. The average Bonchev–Trinajstić information content (AvgIpc) is 3.10. The first-order valence-electron chi connectivity index (χ1n) is 8.71. The lowest BCUT2D eigenvalue weighted by Crippen LogP contribution is -2.50. The smallest absolute Gasteiger partial charge is 0.324 e. The quantitative estimate of drug-likeness (QED) is 0.726. The summed E-state index contributed by atoms with van der Waals surface area (Å²) in [5, 5.41) is 0. The van der Waals surface area contributed by atoms with E-state index in [-0.39, 0.29) is 17.8 Å². The number of ether oxygens (including phenoxy) is 1. The summed E-state index contributed by atoms with van der Waals surface area (Å²) in [5.41, 5.74) is 0. The van der Waals surface area contributed by atoms with Gasteiger partial charge >= 0.3 is 5.97 Å². The molecule has 0 unspecified atom stereocenters. The minimum atomic E-state index is -3.34. The lowest BCUT2D eigenvalue weighted by Gasteiger charge is -2.34. The maximum absolute atomic E-state index is 12.6. The zero-order valence-electron chi connectivity index (χ0n) is 13.4. The number of carbonyl (C=O) groups is 1. The molecule has 0 aromatic heterocycles. The second kappa shape index (κ2) is 6.48. The second-order valence-corrected chi connectivity index (χ2v) is 9.13. The maximum atomic E-state index is 12.6. The topological polar surface area (TPSA) is 63.7 Å². The van der Waals surface area contributed by atoms with Gasteiger partial charge in [-0.25, -0.2) is 8.42 Å². The van der Waals surface area contributed by atoms with E-state index < -0.39 is 16.1 Å². The highest BCUT2D eigenvalue weighted by molar-refractivity contribution is 7.89. The Morgan fingerprint density at radius 2 is 2.00 bits per heavy atom. The summed E-state index contributed by atoms with van der Waals surface area (Å²) in [6.45, 7) is 2.31. The Balaban J connectivity index is 1.66. The molecule has 0 aromatic carbocycles. The molecule has 6 heteroatoms. The van der Waals surface area contributed by atoms with Crippen LogP contribution in [0.15, 0.2) is 0 Å². The van der Waals surface area contributed by atoms with Crippen molar-refractivity contribution in [2.24, 2.45) is 11.8 Å². The first kappa shape index (κ1) is 16.2. The van der Waals surface area contributed by atoms with Crippen molar-refractivity contribution in [2.75, 3.05) is 12.3 Å². The third-order valence-corrected chi connectivity index (χ3v) is 7.56. The molecule has 5 nitrogen and oxygen atoms in total. The molecular weight excluding hydrogens is 302 g/mol. The van der Waals surface area contributed by atoms with E-state index in [1.807, 2.05) is 6.92 Å². The number of sulfonamides is 1. The van der Waals surface area contributed by atoms with Crippen molar-refractivity contribution in [3.05, 3.63) is 0 Å². The van der Waals surface area contributed by atoms with Gasteiger partial charge in [0, 0.05) is 6.54 Å². The first-order valence-corrected chi connectivity index (χ1v) is 10.3. The van der Waals surface area contributed by atoms with E-state index in [0.717, 1.165) is 25.7 Å². The zero-order chi connectivity index (χ0) is 15.7. The van der Waals surface area contributed by atoms with Gasteiger partial charge in [0.05, 0.1) is 5.75 Å². The largest absolute Gasteiger partial charge is 0.461 e. The van der Waals surface area contributed by atoms with Crippen LogP contribution in [0.5, 0.6) is 0 Å². The number of hydrogen-bond donors (Lipinski definition) is 0. The van der Waals surface area contributed by atoms with Gasteiger partial charge in [-0.3, -0.25) is 4.79 Å². The van der Waals surface area contributed by atoms with Gasteiger partial charge < -0.3 is 4.74 Å². The number of piperidine rings is 1. The van der Waals surface area contributed by atoms with Crippen LogP contribution >= 0.6 is 0 Å². The van der Waals surface area contributed by atoms with Crippen molar-refractivity contribution < 1.29 is 17.9 Å². The van der Waals surface area contributed by atoms with Crippen molar-refractivity contribution in [3.8, 4) is 0 Å². The molecule has 126 valence electrons. The van der Waals surface area contributed by atoms with Gasteiger partial charge in [-0.2, -0.15) is 4.31 Å². The zero-order valence-corrected chi connectivity index (χ0v) is 14.2. The van der Waals surface area contributed by atoms with E-state index in [2.05, 4.69) is 0 Å². The fourth-order valence-corrected chi connectivity index (χ4v) is 6.14. The molecule has 1 heterocycles. The predicted octanol–water partition coefficient (Wildman–Crippen LogP) is 2.31. The highest BCUT2D eigenvalue weighted by atomic mass is 32.2. The van der Waals surface area contributed by atoms with Crippen LogP contribution in [0, 0.1) is 11.8 Å². The minimum absolute atomic E-state index is 0.0314. The first-order chi connectivity index (χ1) is 10.5. The van der Waals surface area contributed by atoms with E-state index >= 15 is 0 Å². The van der Waals surface area contributed by atoms with Crippen LogP contribution in [-0.4, -0.2) is 43.1 Å². The molecule has 2 saturated carbocycles. The second-order valence-electron chi connectivity index (χ2n) is 7.09. The van der Waals surface area contributed by atoms with Crippen molar-refractivity contribution >= 4 is 16.0 Å². The normalized spacial score (nSPS) is 35.7. The summed E-state index contributed by atoms with van der Waals surface area (Å²) in [4.78, 5) is 12.6. The molecule has 0 amide bonds. The highest BCUT2D eigenvalue weighted by Gasteiger charge is 2.44. The Hall–Kier alpha value is -0.620. The summed E-state index contributed by atoms with van der Waals surface area (Å²) >= 11 is 0. The number of carbonyl (C=O) groups excluding carboxylic acids is 1. The summed E-state index contributed by atoms with van der Waals surface area (Å²) in [5.74, 6) is 1.04. The SMILES string of the molecule is CCCS(=O)(=O)N1CCCC[C@@H]1C(=O)O[C@H]1C[C@H]2CC[C@H]1C2. The van der Waals surface area contributed by atoms with Crippen LogP contribution < -0.4 is 0 Å². The van der Waals surface area contributed by atoms with Gasteiger partial charge in [-0.15, -0.1) is 0 Å². The van der Waals surface area contributed by atoms with Crippen LogP contribution in [0.2, 0.25) is 0 Å². The van der Waals surface area contributed by atoms with Crippen LogP contribution in [0.4, 0.5) is 0 Å². The summed E-state index contributed by atoms with van der Waals surface area (Å²) in [7, 11) is -3.34. The summed E-state index contributed by atoms with van der Waals surface area (Å²) in [6.07, 6.45) is 7.52. The van der Waals surface area contributed by atoms with Crippen molar-refractivity contribution in [2.45, 2.75) is 70.4 Å².